The lowest BCUT2D eigenvalue weighted by Crippen LogP contribution is -2.06. The Morgan fingerprint density at radius 2 is 1.03 bits per heavy atom. The molecule has 294 valence electrons. The lowest BCUT2D eigenvalue weighted by atomic mass is 9.98. The van der Waals surface area contributed by atoms with Crippen LogP contribution in [0.3, 0.4) is 0 Å². The molecule has 0 saturated heterocycles. The van der Waals surface area contributed by atoms with Gasteiger partial charge in [0.05, 0.1) is 27.4 Å². The third-order valence-electron chi connectivity index (χ3n) is 11.1. The Balaban J connectivity index is 1.17. The molecule has 63 heavy (non-hydrogen) atoms. The second kappa shape index (κ2) is 14.0. The minimum atomic E-state index is -0.703. The summed E-state index contributed by atoms with van der Waals surface area (Å²) >= 11 is 0. The molecule has 0 spiro atoms. The number of fused-ring (bicyclic) bond motifs is 10. The van der Waals surface area contributed by atoms with Crippen molar-refractivity contribution in [3.63, 3.8) is 0 Å². The Morgan fingerprint density at radius 3 is 1.84 bits per heavy atom. The fraction of sp³-hybridized carbons (Fsp3) is 0. The number of nitrogens with zero attached hydrogens (tertiary/aromatic N) is 4. The predicted octanol–water partition coefficient (Wildman–Crippen LogP) is 15.1. The first kappa shape index (κ1) is 22.8. The number of hydrogen-bond donors (Lipinski definition) is 0. The average Bonchev–Trinajstić information content (AvgIpc) is 4.31. The van der Waals surface area contributed by atoms with Gasteiger partial charge in [-0.3, -0.25) is 4.57 Å². The van der Waals surface area contributed by atoms with Gasteiger partial charge in [0.1, 0.15) is 22.3 Å². The maximum atomic E-state index is 9.84. The van der Waals surface area contributed by atoms with Crippen molar-refractivity contribution in [1.82, 2.24) is 19.5 Å². The summed E-state index contributed by atoms with van der Waals surface area (Å²) in [6, 6.07) is 24.2. The molecule has 9 aromatic carbocycles. The van der Waals surface area contributed by atoms with E-state index in [4.69, 9.17) is 36.1 Å². The van der Waals surface area contributed by atoms with Gasteiger partial charge in [-0.15, -0.1) is 0 Å². The van der Waals surface area contributed by atoms with Crippen LogP contribution in [0, 0.1) is 0 Å². The highest BCUT2D eigenvalue weighted by molar-refractivity contribution is 6.21. The Labute approximate surface area is 383 Å². The van der Waals surface area contributed by atoms with Gasteiger partial charge in [0.2, 0.25) is 5.95 Å². The van der Waals surface area contributed by atoms with E-state index in [-0.39, 0.29) is 88.7 Å². The normalized spacial score (nSPS) is 15.4. The molecule has 0 amide bonds. The highest BCUT2D eigenvalue weighted by Crippen LogP contribution is 2.42. The van der Waals surface area contributed by atoms with E-state index in [1.807, 2.05) is 60.7 Å². The van der Waals surface area contributed by atoms with Gasteiger partial charge in [0.25, 0.3) is 0 Å². The quantitative estimate of drug-likeness (QED) is 0.167. The van der Waals surface area contributed by atoms with Crippen molar-refractivity contribution >= 4 is 65.7 Å². The van der Waals surface area contributed by atoms with E-state index in [0.717, 1.165) is 16.7 Å². The first-order chi connectivity index (χ1) is 37.9. The Morgan fingerprint density at radius 1 is 0.413 bits per heavy atom. The van der Waals surface area contributed by atoms with Crippen molar-refractivity contribution in [3.05, 3.63) is 206 Å². The van der Waals surface area contributed by atoms with Crippen molar-refractivity contribution in [2.24, 2.45) is 0 Å². The second-order valence-corrected chi connectivity index (χ2v) is 14.7. The van der Waals surface area contributed by atoms with Gasteiger partial charge < -0.3 is 8.83 Å². The van der Waals surface area contributed by atoms with Crippen LogP contribution in [0.5, 0.6) is 0 Å². The van der Waals surface area contributed by atoms with Gasteiger partial charge in [-0.2, -0.15) is 9.97 Å². The second-order valence-electron chi connectivity index (χ2n) is 14.7. The number of para-hydroxylation sites is 2. The molecule has 13 aromatic rings. The van der Waals surface area contributed by atoms with Crippen LogP contribution in [0.1, 0.15) is 21.9 Å². The van der Waals surface area contributed by atoms with Crippen LogP contribution in [0.25, 0.3) is 128 Å². The molecule has 0 bridgehead atoms. The first-order valence-corrected chi connectivity index (χ1v) is 19.8. The fourth-order valence-corrected chi connectivity index (χ4v) is 8.20. The number of furan rings is 2. The molecule has 0 saturated carbocycles. The zero-order chi connectivity index (χ0) is 55.4. The van der Waals surface area contributed by atoms with E-state index >= 15 is 0 Å². The predicted molar refractivity (Wildman–Crippen MR) is 256 cm³/mol. The zero-order valence-corrected chi connectivity index (χ0v) is 32.5. The minimum Gasteiger partial charge on any atom is -0.456 e. The maximum absolute atomic E-state index is 9.84. The van der Waals surface area contributed by atoms with Crippen LogP contribution < -0.4 is 0 Å². The standard InChI is InChI=1S/C57H34N4O2/c1-3-14-35(15-4-1)37-18-11-19-38(32-37)39-20-12-21-40(33-39)55-58-56(41-28-29-47-51(34-41)62-50-27-13-24-42(52(47)50)36-16-5-2-6-17-36)60-57(59-55)61-48-25-9-7-22-43(48)45-30-31-46-44-23-8-10-26-49(44)63-54(46)53(45)61/h1-34H/i7D,8D,9D,10D,13D,22D,23D,24D,25D,26D,27D,28D,29D,30D,31D,34D. The lowest BCUT2D eigenvalue weighted by molar-refractivity contribution is 0.669. The maximum Gasteiger partial charge on any atom is 0.238 e. The summed E-state index contributed by atoms with van der Waals surface area (Å²) in [7, 11) is 0. The number of benzene rings is 9. The Hall–Kier alpha value is -8.61. The smallest absolute Gasteiger partial charge is 0.238 e. The van der Waals surface area contributed by atoms with Crippen LogP contribution in [-0.2, 0) is 0 Å². The van der Waals surface area contributed by atoms with Crippen molar-refractivity contribution in [2.45, 2.75) is 0 Å². The van der Waals surface area contributed by atoms with E-state index < -0.39 is 102 Å². The molecule has 0 unspecified atom stereocenters. The van der Waals surface area contributed by atoms with Gasteiger partial charge in [0.15, 0.2) is 17.2 Å². The molecular weight excluding hydrogens is 773 g/mol. The summed E-state index contributed by atoms with van der Waals surface area (Å²) in [6.07, 6.45) is 0. The molecular formula is C57H34N4O2. The summed E-state index contributed by atoms with van der Waals surface area (Å²) < 4.78 is 160. The van der Waals surface area contributed by atoms with E-state index in [9.17, 15) is 9.60 Å². The Kier molecular flexibility index (Phi) is 5.07. The lowest BCUT2D eigenvalue weighted by Gasteiger charge is -2.12. The number of rotatable bonds is 6. The summed E-state index contributed by atoms with van der Waals surface area (Å²) in [5.74, 6) is -0.973. The molecule has 4 aromatic heterocycles. The number of aromatic nitrogens is 4. The Bertz CT molecular complexity index is 4870. The minimum absolute atomic E-state index is 0.0758. The first-order valence-electron chi connectivity index (χ1n) is 27.8. The molecule has 0 N–H and O–H groups in total. The SMILES string of the molecule is [2H]c1c([2H])c(-c2ccccc2)c2c(oc3c([2H])c(-c4nc(-c5cccc(-c6cccc(-c7ccccc7)c6)c5)nc(-n5c6c([2H])c([2H])c([2H])c([2H])c6c6c([2H])c([2H])c7c(oc8c([2H])c([2H])c([2H])c([2H])c87)c65)n4)c([2H])c([2H])c32)c1[2H]. The largest absolute Gasteiger partial charge is 0.456 e. The number of hydrogen-bond acceptors (Lipinski definition) is 5. The van der Waals surface area contributed by atoms with Crippen LogP contribution in [0.2, 0.25) is 0 Å². The topological polar surface area (TPSA) is 69.9 Å². The van der Waals surface area contributed by atoms with Crippen molar-refractivity contribution in [1.29, 1.82) is 0 Å². The average molecular weight is 823 g/mol. The van der Waals surface area contributed by atoms with Gasteiger partial charge in [-0.05, 0) is 81.8 Å². The molecule has 4 heterocycles. The van der Waals surface area contributed by atoms with E-state index in [1.165, 1.54) is 4.57 Å². The van der Waals surface area contributed by atoms with E-state index in [0.29, 0.717) is 16.7 Å². The van der Waals surface area contributed by atoms with E-state index in [2.05, 4.69) is 0 Å². The summed E-state index contributed by atoms with van der Waals surface area (Å²) in [5, 5.41) is -0.961. The molecule has 6 nitrogen and oxygen atoms in total. The van der Waals surface area contributed by atoms with Gasteiger partial charge >= 0.3 is 0 Å². The van der Waals surface area contributed by atoms with Gasteiger partial charge in [-0.25, -0.2) is 4.98 Å². The van der Waals surface area contributed by atoms with Crippen LogP contribution in [0.4, 0.5) is 0 Å². The molecule has 0 radical (unpaired) electrons. The van der Waals surface area contributed by atoms with E-state index in [1.54, 1.807) is 48.5 Å². The van der Waals surface area contributed by atoms with Crippen molar-refractivity contribution in [3.8, 4) is 62.1 Å². The highest BCUT2D eigenvalue weighted by atomic mass is 16.3. The molecule has 13 rings (SSSR count). The highest BCUT2D eigenvalue weighted by Gasteiger charge is 2.23. The summed E-state index contributed by atoms with van der Waals surface area (Å²) in [5.41, 5.74) is 2.30. The third kappa shape index (κ3) is 5.69. The molecule has 0 aliphatic rings. The summed E-state index contributed by atoms with van der Waals surface area (Å²) in [6.45, 7) is 0. The molecule has 0 fully saturated rings. The zero-order valence-electron chi connectivity index (χ0n) is 48.5. The fourth-order valence-electron chi connectivity index (χ4n) is 8.20. The summed E-state index contributed by atoms with van der Waals surface area (Å²) in [4.78, 5) is 14.7. The molecule has 0 aliphatic carbocycles. The molecule has 0 atom stereocenters. The van der Waals surface area contributed by atoms with Gasteiger partial charge in [0, 0.05) is 43.4 Å². The monoisotopic (exact) mass is 822 g/mol. The van der Waals surface area contributed by atoms with Crippen LogP contribution in [0.15, 0.2) is 215 Å². The third-order valence-corrected chi connectivity index (χ3v) is 11.1. The molecule has 6 heteroatoms. The van der Waals surface area contributed by atoms with Crippen LogP contribution in [-0.4, -0.2) is 19.5 Å². The van der Waals surface area contributed by atoms with Crippen molar-refractivity contribution in [2.75, 3.05) is 0 Å². The van der Waals surface area contributed by atoms with Crippen molar-refractivity contribution < 1.29 is 30.8 Å². The van der Waals surface area contributed by atoms with Crippen LogP contribution >= 0.6 is 0 Å². The molecule has 0 aliphatic heterocycles. The van der Waals surface area contributed by atoms with Gasteiger partial charge in [-0.1, -0.05) is 157 Å².